The monoisotopic (exact) mass is 277 g/mol. The van der Waals surface area contributed by atoms with Crippen LogP contribution in [0.15, 0.2) is 23.5 Å². The molecule has 0 spiro atoms. The van der Waals surface area contributed by atoms with Gasteiger partial charge in [-0.05, 0) is 30.9 Å². The summed E-state index contributed by atoms with van der Waals surface area (Å²) < 4.78 is 0. The van der Waals surface area contributed by atoms with Crippen LogP contribution in [0.1, 0.15) is 12.8 Å². The summed E-state index contributed by atoms with van der Waals surface area (Å²) in [6, 6.07) is 3.53. The average Bonchev–Trinajstić information content (AvgIpc) is 2.39. The first-order valence-electron chi connectivity index (χ1n) is 6.86. The van der Waals surface area contributed by atoms with E-state index in [1.165, 1.54) is 25.1 Å². The molecule has 4 heterocycles. The lowest BCUT2D eigenvalue weighted by Crippen LogP contribution is -2.58. The van der Waals surface area contributed by atoms with Crippen molar-refractivity contribution in [3.05, 3.63) is 23.5 Å². The zero-order valence-corrected chi connectivity index (χ0v) is 11.4. The highest BCUT2D eigenvalue weighted by molar-refractivity contribution is 6.29. The smallest absolute Gasteiger partial charge is 0.176 e. The highest BCUT2D eigenvalue weighted by Crippen LogP contribution is 2.41. The molecule has 4 fully saturated rings. The van der Waals surface area contributed by atoms with Crippen LogP contribution in [-0.4, -0.2) is 35.2 Å². The molecular weight excluding hydrogens is 262 g/mol. The van der Waals surface area contributed by atoms with Gasteiger partial charge in [0, 0.05) is 31.5 Å². The van der Waals surface area contributed by atoms with Crippen LogP contribution in [0.4, 0.5) is 0 Å². The van der Waals surface area contributed by atoms with E-state index in [1.807, 2.05) is 0 Å². The fourth-order valence-corrected chi connectivity index (χ4v) is 3.96. The summed E-state index contributed by atoms with van der Waals surface area (Å²) in [6.45, 7) is 3.62. The van der Waals surface area contributed by atoms with Crippen molar-refractivity contribution in [3.63, 3.8) is 0 Å². The second kappa shape index (κ2) is 4.46. The van der Waals surface area contributed by atoms with E-state index in [4.69, 9.17) is 16.4 Å². The first-order valence-corrected chi connectivity index (χ1v) is 7.24. The van der Waals surface area contributed by atoms with Gasteiger partial charge in [-0.3, -0.25) is 0 Å². The molecule has 1 aromatic rings. The normalized spacial score (nSPS) is 35.5. The van der Waals surface area contributed by atoms with E-state index in [2.05, 4.69) is 15.0 Å². The molecule has 0 amide bonds. The summed E-state index contributed by atoms with van der Waals surface area (Å²) >= 11 is 5.75. The number of halogens is 1. The predicted molar refractivity (Wildman–Crippen MR) is 73.5 cm³/mol. The van der Waals surface area contributed by atoms with Gasteiger partial charge < -0.3 is 9.74 Å². The molecule has 5 rings (SSSR count). The van der Waals surface area contributed by atoms with E-state index in [0.29, 0.717) is 22.7 Å². The first-order chi connectivity index (χ1) is 9.28. The Morgan fingerprint density at radius 2 is 2.00 bits per heavy atom. The second-order valence-corrected chi connectivity index (χ2v) is 6.26. The van der Waals surface area contributed by atoms with Crippen molar-refractivity contribution >= 4 is 17.3 Å². The van der Waals surface area contributed by atoms with E-state index in [0.717, 1.165) is 19.0 Å². The van der Waals surface area contributed by atoms with Gasteiger partial charge in [-0.15, -0.1) is 0 Å². The van der Waals surface area contributed by atoms with Crippen molar-refractivity contribution in [2.75, 3.05) is 19.6 Å². The van der Waals surface area contributed by atoms with Gasteiger partial charge in [-0.25, -0.2) is 4.98 Å². The molecule has 0 N–H and O–H groups in total. The van der Waals surface area contributed by atoms with Crippen molar-refractivity contribution < 1.29 is 4.84 Å². The molecule has 1 aliphatic carbocycles. The number of hydrogen-bond acceptors (Lipinski definition) is 4. The Kier molecular flexibility index (Phi) is 2.74. The van der Waals surface area contributed by atoms with Crippen LogP contribution < -0.4 is 4.84 Å². The summed E-state index contributed by atoms with van der Waals surface area (Å²) in [5, 5.41) is 4.90. The van der Waals surface area contributed by atoms with Gasteiger partial charge >= 0.3 is 0 Å². The fraction of sp³-hybridized carbons (Fsp3) is 0.571. The van der Waals surface area contributed by atoms with Crippen LogP contribution in [0, 0.1) is 17.8 Å². The lowest BCUT2D eigenvalue weighted by Gasteiger charge is -2.51. The lowest BCUT2D eigenvalue weighted by molar-refractivity contribution is 0.0540. The average molecular weight is 278 g/mol. The molecule has 3 aliphatic heterocycles. The van der Waals surface area contributed by atoms with E-state index >= 15 is 0 Å². The Morgan fingerprint density at radius 1 is 1.21 bits per heavy atom. The Morgan fingerprint density at radius 3 is 2.63 bits per heavy atom. The molecule has 1 aromatic heterocycles. The van der Waals surface area contributed by atoms with E-state index in [9.17, 15) is 0 Å². The highest BCUT2D eigenvalue weighted by Gasteiger charge is 2.45. The maximum absolute atomic E-state index is 5.75. The van der Waals surface area contributed by atoms with Gasteiger partial charge in [0.15, 0.2) is 5.75 Å². The van der Waals surface area contributed by atoms with Gasteiger partial charge in [0.1, 0.15) is 5.15 Å². The van der Waals surface area contributed by atoms with Crippen molar-refractivity contribution in [3.8, 4) is 5.75 Å². The highest BCUT2D eigenvalue weighted by atomic mass is 35.5. The molecule has 4 bridgehead atoms. The number of pyridine rings is 1. The van der Waals surface area contributed by atoms with Gasteiger partial charge in [0.05, 0.1) is 11.9 Å². The summed E-state index contributed by atoms with van der Waals surface area (Å²) in [7, 11) is 0. The second-order valence-electron chi connectivity index (χ2n) is 5.87. The number of piperidine rings is 3. The van der Waals surface area contributed by atoms with Gasteiger partial charge in [-0.2, -0.15) is 0 Å². The van der Waals surface area contributed by atoms with Crippen molar-refractivity contribution in [1.82, 2.24) is 9.88 Å². The predicted octanol–water partition coefficient (Wildman–Crippen LogP) is 2.44. The van der Waals surface area contributed by atoms with E-state index in [1.54, 1.807) is 18.3 Å². The van der Waals surface area contributed by atoms with Gasteiger partial charge in [0.2, 0.25) is 0 Å². The van der Waals surface area contributed by atoms with E-state index in [-0.39, 0.29) is 0 Å². The SMILES string of the molecule is Clc1ccc(ON=C2C3CC4CC2CN(C4)C3)cn1. The molecular formula is C14H16ClN3O. The lowest BCUT2D eigenvalue weighted by atomic mass is 9.67. The van der Waals surface area contributed by atoms with Crippen LogP contribution in [0.5, 0.6) is 5.75 Å². The summed E-state index contributed by atoms with van der Waals surface area (Å²) in [5.41, 5.74) is 1.27. The van der Waals surface area contributed by atoms with E-state index < -0.39 is 0 Å². The summed E-state index contributed by atoms with van der Waals surface area (Å²) in [4.78, 5) is 12.1. The number of oxime groups is 1. The molecule has 100 valence electrons. The molecule has 0 aromatic carbocycles. The topological polar surface area (TPSA) is 37.7 Å². The van der Waals surface area contributed by atoms with Crippen molar-refractivity contribution in [1.29, 1.82) is 0 Å². The van der Waals surface area contributed by atoms with Crippen LogP contribution in [0.25, 0.3) is 0 Å². The molecule has 4 aliphatic rings. The molecule has 2 unspecified atom stereocenters. The minimum atomic E-state index is 0.474. The van der Waals surface area contributed by atoms with Crippen LogP contribution in [0.2, 0.25) is 5.15 Å². The van der Waals surface area contributed by atoms with Crippen LogP contribution in [-0.2, 0) is 0 Å². The third-order valence-electron chi connectivity index (χ3n) is 4.50. The van der Waals surface area contributed by atoms with Crippen LogP contribution >= 0.6 is 11.6 Å². The number of rotatable bonds is 2. The number of hydrogen-bond donors (Lipinski definition) is 0. The zero-order valence-electron chi connectivity index (χ0n) is 10.6. The fourth-order valence-electron chi connectivity index (χ4n) is 3.84. The van der Waals surface area contributed by atoms with Gasteiger partial charge in [-0.1, -0.05) is 16.8 Å². The third kappa shape index (κ3) is 2.13. The maximum atomic E-state index is 5.75. The quantitative estimate of drug-likeness (QED) is 0.616. The molecule has 2 atom stereocenters. The van der Waals surface area contributed by atoms with Gasteiger partial charge in [0.25, 0.3) is 0 Å². The Balaban J connectivity index is 1.52. The van der Waals surface area contributed by atoms with Crippen molar-refractivity contribution in [2.45, 2.75) is 12.8 Å². The minimum Gasteiger partial charge on any atom is -0.355 e. The largest absolute Gasteiger partial charge is 0.355 e. The standard InChI is InChI=1S/C14H16ClN3O/c15-13-2-1-12(5-16-13)19-17-14-10-3-9-4-11(14)8-18(6-9)7-10/h1-2,5,9-11H,3-4,6-8H2. The number of aromatic nitrogens is 1. The molecule has 0 radical (unpaired) electrons. The van der Waals surface area contributed by atoms with Crippen molar-refractivity contribution in [2.24, 2.45) is 22.9 Å². The molecule has 4 nitrogen and oxygen atoms in total. The minimum absolute atomic E-state index is 0.474. The van der Waals surface area contributed by atoms with Crippen LogP contribution in [0.3, 0.4) is 0 Å². The molecule has 3 saturated heterocycles. The molecule has 1 saturated carbocycles. The Labute approximate surface area is 117 Å². The summed E-state index contributed by atoms with van der Waals surface area (Å²) in [5.74, 6) is 2.75. The number of nitrogens with zero attached hydrogens (tertiary/aromatic N) is 3. The molecule has 5 heteroatoms. The third-order valence-corrected chi connectivity index (χ3v) is 4.73. The zero-order chi connectivity index (χ0) is 12.8. The first kappa shape index (κ1) is 11.7. The Hall–Kier alpha value is -1.13. The molecule has 19 heavy (non-hydrogen) atoms. The maximum Gasteiger partial charge on any atom is 0.176 e. The Bertz CT molecular complexity index is 484. The summed E-state index contributed by atoms with van der Waals surface area (Å²) in [6.07, 6.45) is 4.19.